The van der Waals surface area contributed by atoms with Crippen LogP contribution in [0.15, 0.2) is 48.5 Å². The molecule has 0 heterocycles. The summed E-state index contributed by atoms with van der Waals surface area (Å²) < 4.78 is 10.6. The molecule has 1 N–H and O–H groups in total. The Morgan fingerprint density at radius 1 is 1.04 bits per heavy atom. The highest BCUT2D eigenvalue weighted by molar-refractivity contribution is 5.94. The van der Waals surface area contributed by atoms with E-state index in [1.165, 1.54) is 0 Å². The van der Waals surface area contributed by atoms with E-state index in [1.807, 2.05) is 11.8 Å². The second-order valence-corrected chi connectivity index (χ2v) is 6.33. The van der Waals surface area contributed by atoms with Crippen LogP contribution in [-0.2, 0) is 4.79 Å². The maximum atomic E-state index is 12.5. The van der Waals surface area contributed by atoms with Gasteiger partial charge in [-0.2, -0.15) is 0 Å². The molecule has 0 spiro atoms. The molecule has 0 radical (unpaired) electrons. The molecule has 2 amide bonds. The maximum absolute atomic E-state index is 12.5. The lowest BCUT2D eigenvalue weighted by Gasteiger charge is -2.20. The van der Waals surface area contributed by atoms with E-state index >= 15 is 0 Å². The lowest BCUT2D eigenvalue weighted by molar-refractivity contribution is -0.118. The first-order valence-corrected chi connectivity index (χ1v) is 9.53. The quantitative estimate of drug-likeness (QED) is 0.673. The Morgan fingerprint density at radius 3 is 2.43 bits per heavy atom. The highest BCUT2D eigenvalue weighted by atomic mass is 16.5. The van der Waals surface area contributed by atoms with Crippen molar-refractivity contribution in [3.63, 3.8) is 0 Å². The predicted octanol–water partition coefficient (Wildman–Crippen LogP) is 3.97. The third-order valence-corrected chi connectivity index (χ3v) is 4.28. The first-order chi connectivity index (χ1) is 13.6. The summed E-state index contributed by atoms with van der Waals surface area (Å²) in [5.41, 5.74) is 1.26. The van der Waals surface area contributed by atoms with Crippen LogP contribution in [0.5, 0.6) is 11.5 Å². The van der Waals surface area contributed by atoms with Gasteiger partial charge in [-0.05, 0) is 49.7 Å². The molecule has 6 heteroatoms. The van der Waals surface area contributed by atoms with E-state index < -0.39 is 0 Å². The van der Waals surface area contributed by atoms with E-state index in [2.05, 4.69) is 12.2 Å². The summed E-state index contributed by atoms with van der Waals surface area (Å²) in [6, 6.07) is 14.0. The normalized spacial score (nSPS) is 10.2. The Bertz CT molecular complexity index is 774. The number of nitrogens with zero attached hydrogens (tertiary/aromatic N) is 1. The van der Waals surface area contributed by atoms with E-state index in [4.69, 9.17) is 9.47 Å². The predicted molar refractivity (Wildman–Crippen MR) is 110 cm³/mol. The topological polar surface area (TPSA) is 67.9 Å². The molecule has 2 aromatic rings. The Labute approximate surface area is 166 Å². The Balaban J connectivity index is 1.87. The van der Waals surface area contributed by atoms with E-state index in [0.717, 1.165) is 19.4 Å². The zero-order valence-corrected chi connectivity index (χ0v) is 16.7. The minimum Gasteiger partial charge on any atom is -0.497 e. The number of amides is 2. The summed E-state index contributed by atoms with van der Waals surface area (Å²) >= 11 is 0. The number of methoxy groups -OCH3 is 1. The van der Waals surface area contributed by atoms with Gasteiger partial charge in [-0.3, -0.25) is 9.59 Å². The highest BCUT2D eigenvalue weighted by Gasteiger charge is 2.13. The molecule has 2 aromatic carbocycles. The third kappa shape index (κ3) is 6.30. The highest BCUT2D eigenvalue weighted by Crippen LogP contribution is 2.17. The van der Waals surface area contributed by atoms with Gasteiger partial charge in [-0.25, -0.2) is 0 Å². The number of ether oxygens (including phenoxy) is 2. The second kappa shape index (κ2) is 11.0. The minimum absolute atomic E-state index is 0.0123. The van der Waals surface area contributed by atoms with Gasteiger partial charge in [0.15, 0.2) is 6.61 Å². The molecule has 0 aliphatic rings. The fourth-order valence-electron chi connectivity index (χ4n) is 2.68. The molecule has 0 saturated carbocycles. The summed E-state index contributed by atoms with van der Waals surface area (Å²) in [6.07, 6.45) is 2.04. The molecular weight excluding hydrogens is 356 g/mol. The van der Waals surface area contributed by atoms with Crippen molar-refractivity contribution in [2.24, 2.45) is 0 Å². The van der Waals surface area contributed by atoms with Gasteiger partial charge in [0.05, 0.1) is 7.11 Å². The van der Waals surface area contributed by atoms with E-state index in [9.17, 15) is 9.59 Å². The van der Waals surface area contributed by atoms with Crippen LogP contribution in [0.25, 0.3) is 0 Å². The van der Waals surface area contributed by atoms with Crippen molar-refractivity contribution in [2.75, 3.05) is 32.1 Å². The van der Waals surface area contributed by atoms with Gasteiger partial charge >= 0.3 is 0 Å². The first kappa shape index (κ1) is 21.3. The summed E-state index contributed by atoms with van der Waals surface area (Å²) in [4.78, 5) is 26.4. The second-order valence-electron chi connectivity index (χ2n) is 6.33. The molecule has 0 fully saturated rings. The number of anilines is 1. The van der Waals surface area contributed by atoms with Gasteiger partial charge in [-0.15, -0.1) is 0 Å². The van der Waals surface area contributed by atoms with Gasteiger partial charge in [0.2, 0.25) is 0 Å². The Hall–Kier alpha value is -3.02. The van der Waals surface area contributed by atoms with E-state index in [1.54, 1.807) is 55.6 Å². The average molecular weight is 384 g/mol. The van der Waals surface area contributed by atoms with Crippen molar-refractivity contribution in [3.8, 4) is 11.5 Å². The van der Waals surface area contributed by atoms with Crippen LogP contribution >= 0.6 is 0 Å². The summed E-state index contributed by atoms with van der Waals surface area (Å²) in [7, 11) is 1.57. The Kier molecular flexibility index (Phi) is 8.34. The maximum Gasteiger partial charge on any atom is 0.262 e. The molecule has 0 aromatic heterocycles. The number of rotatable bonds is 10. The number of unbranched alkanes of at least 4 members (excludes halogenated alkanes) is 1. The molecule has 6 nitrogen and oxygen atoms in total. The molecule has 0 bridgehead atoms. The van der Waals surface area contributed by atoms with Crippen LogP contribution in [0.3, 0.4) is 0 Å². The van der Waals surface area contributed by atoms with Gasteiger partial charge in [0.25, 0.3) is 11.8 Å². The van der Waals surface area contributed by atoms with Crippen LogP contribution in [0.4, 0.5) is 5.69 Å². The molecule has 0 saturated heterocycles. The molecular formula is C22H28N2O4. The van der Waals surface area contributed by atoms with Crippen LogP contribution in [0.2, 0.25) is 0 Å². The first-order valence-electron chi connectivity index (χ1n) is 9.53. The zero-order valence-electron chi connectivity index (χ0n) is 16.7. The van der Waals surface area contributed by atoms with Crippen molar-refractivity contribution < 1.29 is 19.1 Å². The third-order valence-electron chi connectivity index (χ3n) is 4.28. The standard InChI is InChI=1S/C22H28N2O4/c1-4-6-14-24(5-2)22(26)17-10-12-19(13-11-17)28-16-21(25)23-18-8-7-9-20(15-18)27-3/h7-13,15H,4-6,14,16H2,1-3H3,(H,23,25). The monoisotopic (exact) mass is 384 g/mol. The summed E-state index contributed by atoms with van der Waals surface area (Å²) in [5.74, 6) is 0.941. The smallest absolute Gasteiger partial charge is 0.262 e. The average Bonchev–Trinajstić information content (AvgIpc) is 2.73. The van der Waals surface area contributed by atoms with Crippen molar-refractivity contribution in [1.82, 2.24) is 4.90 Å². The summed E-state index contributed by atoms with van der Waals surface area (Å²) in [6.45, 7) is 5.40. The number of hydrogen-bond donors (Lipinski definition) is 1. The van der Waals surface area contributed by atoms with Gasteiger partial charge in [0.1, 0.15) is 11.5 Å². The molecule has 2 rings (SSSR count). The largest absolute Gasteiger partial charge is 0.497 e. The number of nitrogens with one attached hydrogen (secondary N) is 1. The van der Waals surface area contributed by atoms with Crippen LogP contribution < -0.4 is 14.8 Å². The molecule has 0 aliphatic heterocycles. The van der Waals surface area contributed by atoms with Crippen LogP contribution in [0, 0.1) is 0 Å². The number of hydrogen-bond acceptors (Lipinski definition) is 4. The van der Waals surface area contributed by atoms with Crippen LogP contribution in [-0.4, -0.2) is 43.5 Å². The van der Waals surface area contributed by atoms with E-state index in [-0.39, 0.29) is 18.4 Å². The van der Waals surface area contributed by atoms with Crippen molar-refractivity contribution in [3.05, 3.63) is 54.1 Å². The number of carbonyl (C=O) groups excluding carboxylic acids is 2. The molecule has 28 heavy (non-hydrogen) atoms. The minimum atomic E-state index is -0.273. The molecule has 0 atom stereocenters. The molecule has 150 valence electrons. The van der Waals surface area contributed by atoms with Crippen LogP contribution in [0.1, 0.15) is 37.0 Å². The van der Waals surface area contributed by atoms with Gasteiger partial charge in [0, 0.05) is 30.4 Å². The number of benzene rings is 2. The molecule has 0 unspecified atom stereocenters. The van der Waals surface area contributed by atoms with Gasteiger partial charge < -0.3 is 19.7 Å². The molecule has 0 aliphatic carbocycles. The summed E-state index contributed by atoms with van der Waals surface area (Å²) in [5, 5.41) is 2.75. The number of carbonyl (C=O) groups is 2. The van der Waals surface area contributed by atoms with Crippen molar-refractivity contribution in [2.45, 2.75) is 26.7 Å². The Morgan fingerprint density at radius 2 is 1.79 bits per heavy atom. The zero-order chi connectivity index (χ0) is 20.4. The fourth-order valence-corrected chi connectivity index (χ4v) is 2.68. The van der Waals surface area contributed by atoms with Crippen molar-refractivity contribution >= 4 is 17.5 Å². The van der Waals surface area contributed by atoms with Crippen molar-refractivity contribution in [1.29, 1.82) is 0 Å². The van der Waals surface area contributed by atoms with E-state index in [0.29, 0.717) is 29.3 Å². The SMILES string of the molecule is CCCCN(CC)C(=O)c1ccc(OCC(=O)Nc2cccc(OC)c2)cc1. The fraction of sp³-hybridized carbons (Fsp3) is 0.364. The lowest BCUT2D eigenvalue weighted by Crippen LogP contribution is -2.31. The lowest BCUT2D eigenvalue weighted by atomic mass is 10.2. The van der Waals surface area contributed by atoms with Gasteiger partial charge in [-0.1, -0.05) is 19.4 Å².